The number of aliphatic hydroxyl groups is 1. The maximum Gasteiger partial charge on any atom is 0.141 e. The molecule has 1 aromatic heterocycles. The van der Waals surface area contributed by atoms with Gasteiger partial charge in [-0.2, -0.15) is 5.10 Å². The van der Waals surface area contributed by atoms with Crippen LogP contribution in [-0.2, 0) is 6.54 Å². The third kappa shape index (κ3) is 4.44. The molecule has 1 aromatic rings. The summed E-state index contributed by atoms with van der Waals surface area (Å²) in [5.41, 5.74) is 0. The molecule has 0 fully saturated rings. The van der Waals surface area contributed by atoms with Gasteiger partial charge >= 0.3 is 0 Å². The molecular formula is C12H24N4O. The molecule has 0 amide bonds. The SMILES string of the molecule is CCC(CCO)CNCc1ncnn1C(C)C. The molecule has 0 radical (unpaired) electrons. The monoisotopic (exact) mass is 240 g/mol. The van der Waals surface area contributed by atoms with E-state index in [9.17, 15) is 0 Å². The van der Waals surface area contributed by atoms with E-state index in [4.69, 9.17) is 5.11 Å². The van der Waals surface area contributed by atoms with Gasteiger partial charge in [-0.15, -0.1) is 0 Å². The fourth-order valence-electron chi connectivity index (χ4n) is 1.85. The van der Waals surface area contributed by atoms with Gasteiger partial charge in [-0.3, -0.25) is 0 Å². The molecule has 0 aliphatic rings. The number of nitrogens with zero attached hydrogens (tertiary/aromatic N) is 3. The van der Waals surface area contributed by atoms with E-state index < -0.39 is 0 Å². The Hall–Kier alpha value is -0.940. The molecule has 1 rings (SSSR count). The quantitative estimate of drug-likeness (QED) is 0.720. The van der Waals surface area contributed by atoms with Crippen LogP contribution in [0.2, 0.25) is 0 Å². The van der Waals surface area contributed by atoms with Crippen LogP contribution in [0.4, 0.5) is 0 Å². The topological polar surface area (TPSA) is 63.0 Å². The largest absolute Gasteiger partial charge is 0.396 e. The molecule has 1 atom stereocenters. The molecule has 0 bridgehead atoms. The minimum atomic E-state index is 0.266. The van der Waals surface area contributed by atoms with Crippen molar-refractivity contribution in [1.82, 2.24) is 20.1 Å². The van der Waals surface area contributed by atoms with Crippen LogP contribution in [0.3, 0.4) is 0 Å². The van der Waals surface area contributed by atoms with Crippen molar-refractivity contribution in [1.29, 1.82) is 0 Å². The van der Waals surface area contributed by atoms with E-state index in [0.29, 0.717) is 12.0 Å². The summed E-state index contributed by atoms with van der Waals surface area (Å²) in [7, 11) is 0. The van der Waals surface area contributed by atoms with Crippen LogP contribution in [0.15, 0.2) is 6.33 Å². The molecular weight excluding hydrogens is 216 g/mol. The Balaban J connectivity index is 2.37. The highest BCUT2D eigenvalue weighted by Crippen LogP contribution is 2.07. The van der Waals surface area contributed by atoms with Crippen molar-refractivity contribution in [3.05, 3.63) is 12.2 Å². The summed E-state index contributed by atoms with van der Waals surface area (Å²) in [5.74, 6) is 1.51. The molecule has 98 valence electrons. The molecule has 5 nitrogen and oxygen atoms in total. The van der Waals surface area contributed by atoms with Gasteiger partial charge in [0, 0.05) is 12.6 Å². The maximum atomic E-state index is 8.91. The fraction of sp³-hybridized carbons (Fsp3) is 0.833. The van der Waals surface area contributed by atoms with Gasteiger partial charge in [0.15, 0.2) is 0 Å². The molecule has 1 unspecified atom stereocenters. The van der Waals surface area contributed by atoms with Crippen molar-refractivity contribution in [2.24, 2.45) is 5.92 Å². The van der Waals surface area contributed by atoms with E-state index in [1.165, 1.54) is 0 Å². The van der Waals surface area contributed by atoms with Crippen molar-refractivity contribution in [3.63, 3.8) is 0 Å². The zero-order valence-corrected chi connectivity index (χ0v) is 11.1. The first-order valence-corrected chi connectivity index (χ1v) is 6.39. The predicted octanol–water partition coefficient (Wildman–Crippen LogP) is 1.36. The minimum Gasteiger partial charge on any atom is -0.396 e. The number of hydrogen-bond acceptors (Lipinski definition) is 4. The predicted molar refractivity (Wildman–Crippen MR) is 67.6 cm³/mol. The molecule has 0 aliphatic heterocycles. The summed E-state index contributed by atoms with van der Waals surface area (Å²) in [6, 6.07) is 0.341. The van der Waals surface area contributed by atoms with Gasteiger partial charge in [0.25, 0.3) is 0 Å². The van der Waals surface area contributed by atoms with Crippen LogP contribution < -0.4 is 5.32 Å². The van der Waals surface area contributed by atoms with Crippen molar-refractivity contribution >= 4 is 0 Å². The second kappa shape index (κ2) is 7.40. The number of nitrogens with one attached hydrogen (secondary N) is 1. The van der Waals surface area contributed by atoms with Gasteiger partial charge in [0.05, 0.1) is 6.54 Å². The molecule has 2 N–H and O–H groups in total. The first-order chi connectivity index (χ1) is 8.19. The van der Waals surface area contributed by atoms with Crippen LogP contribution >= 0.6 is 0 Å². The molecule has 0 aromatic carbocycles. The Bertz CT molecular complexity index is 311. The number of hydrogen-bond donors (Lipinski definition) is 2. The third-order valence-electron chi connectivity index (χ3n) is 2.97. The van der Waals surface area contributed by atoms with Crippen molar-refractivity contribution in [3.8, 4) is 0 Å². The van der Waals surface area contributed by atoms with E-state index in [-0.39, 0.29) is 6.61 Å². The third-order valence-corrected chi connectivity index (χ3v) is 2.97. The molecule has 17 heavy (non-hydrogen) atoms. The van der Waals surface area contributed by atoms with Gasteiger partial charge in [-0.05, 0) is 32.7 Å². The van der Waals surface area contributed by atoms with Crippen LogP contribution in [0.25, 0.3) is 0 Å². The van der Waals surface area contributed by atoms with E-state index in [0.717, 1.165) is 31.8 Å². The highest BCUT2D eigenvalue weighted by Gasteiger charge is 2.09. The second-order valence-corrected chi connectivity index (χ2v) is 4.63. The zero-order chi connectivity index (χ0) is 12.7. The lowest BCUT2D eigenvalue weighted by atomic mass is 10.0. The normalized spacial score (nSPS) is 13.2. The molecule has 0 saturated heterocycles. The molecule has 0 spiro atoms. The van der Waals surface area contributed by atoms with Gasteiger partial charge in [0.1, 0.15) is 12.2 Å². The molecule has 5 heteroatoms. The Morgan fingerprint density at radius 1 is 1.47 bits per heavy atom. The standard InChI is InChI=1S/C12H24N4O/c1-4-11(5-6-17)7-13-8-12-14-9-15-16(12)10(2)3/h9-11,13,17H,4-8H2,1-3H3. The smallest absolute Gasteiger partial charge is 0.141 e. The maximum absolute atomic E-state index is 8.91. The van der Waals surface area contributed by atoms with Gasteiger partial charge in [-0.25, -0.2) is 9.67 Å². The Labute approximate surface area is 103 Å². The van der Waals surface area contributed by atoms with E-state index in [1.54, 1.807) is 6.33 Å². The molecule has 0 saturated carbocycles. The lowest BCUT2D eigenvalue weighted by Crippen LogP contribution is -2.25. The number of rotatable bonds is 8. The Kier molecular flexibility index (Phi) is 6.15. The van der Waals surface area contributed by atoms with Crippen LogP contribution in [-0.4, -0.2) is 33.0 Å². The zero-order valence-electron chi connectivity index (χ0n) is 11.1. The molecule has 0 aliphatic carbocycles. The summed E-state index contributed by atoms with van der Waals surface area (Å²) >= 11 is 0. The second-order valence-electron chi connectivity index (χ2n) is 4.63. The highest BCUT2D eigenvalue weighted by atomic mass is 16.3. The van der Waals surface area contributed by atoms with Crippen molar-refractivity contribution in [2.75, 3.05) is 13.2 Å². The van der Waals surface area contributed by atoms with Crippen molar-refractivity contribution in [2.45, 2.75) is 46.2 Å². The van der Waals surface area contributed by atoms with E-state index in [2.05, 4.69) is 36.2 Å². The summed E-state index contributed by atoms with van der Waals surface area (Å²) in [6.45, 7) is 8.26. The van der Waals surface area contributed by atoms with Crippen LogP contribution in [0, 0.1) is 5.92 Å². The van der Waals surface area contributed by atoms with Crippen LogP contribution in [0.1, 0.15) is 45.5 Å². The lowest BCUT2D eigenvalue weighted by molar-refractivity contribution is 0.251. The first-order valence-electron chi connectivity index (χ1n) is 6.39. The van der Waals surface area contributed by atoms with Gasteiger partial charge in [-0.1, -0.05) is 13.3 Å². The fourth-order valence-corrected chi connectivity index (χ4v) is 1.85. The lowest BCUT2D eigenvalue weighted by Gasteiger charge is -2.15. The van der Waals surface area contributed by atoms with E-state index >= 15 is 0 Å². The Morgan fingerprint density at radius 3 is 2.82 bits per heavy atom. The van der Waals surface area contributed by atoms with Crippen LogP contribution in [0.5, 0.6) is 0 Å². The number of aromatic nitrogens is 3. The van der Waals surface area contributed by atoms with Crippen molar-refractivity contribution < 1.29 is 5.11 Å². The Morgan fingerprint density at radius 2 is 2.24 bits per heavy atom. The minimum absolute atomic E-state index is 0.266. The average molecular weight is 240 g/mol. The number of aliphatic hydroxyl groups excluding tert-OH is 1. The molecule has 1 heterocycles. The van der Waals surface area contributed by atoms with Gasteiger partial charge < -0.3 is 10.4 Å². The summed E-state index contributed by atoms with van der Waals surface area (Å²) < 4.78 is 1.93. The van der Waals surface area contributed by atoms with Gasteiger partial charge in [0.2, 0.25) is 0 Å². The summed E-state index contributed by atoms with van der Waals surface area (Å²) in [5, 5.41) is 16.5. The highest BCUT2D eigenvalue weighted by molar-refractivity contribution is 4.85. The van der Waals surface area contributed by atoms with E-state index in [1.807, 2.05) is 4.68 Å². The summed E-state index contributed by atoms with van der Waals surface area (Å²) in [6.07, 6.45) is 3.55. The average Bonchev–Trinajstić information content (AvgIpc) is 2.76. The summed E-state index contributed by atoms with van der Waals surface area (Å²) in [4.78, 5) is 4.25. The first kappa shape index (κ1) is 14.1.